The van der Waals surface area contributed by atoms with Gasteiger partial charge < -0.3 is 4.84 Å². The molecule has 0 amide bonds. The van der Waals surface area contributed by atoms with E-state index >= 15 is 0 Å². The first kappa shape index (κ1) is 20.7. The normalized spacial score (nSPS) is 16.5. The lowest BCUT2D eigenvalue weighted by Crippen LogP contribution is -2.40. The Labute approximate surface area is 159 Å². The van der Waals surface area contributed by atoms with Gasteiger partial charge in [-0.2, -0.15) is 0 Å². The minimum Gasteiger partial charge on any atom is -0.378 e. The second-order valence-corrected chi connectivity index (χ2v) is 9.81. The smallest absolute Gasteiger partial charge is 0.129 e. The van der Waals surface area contributed by atoms with Gasteiger partial charge in [-0.1, -0.05) is 73.4 Å². The van der Waals surface area contributed by atoms with E-state index in [1.54, 1.807) is 0 Å². The van der Waals surface area contributed by atoms with Gasteiger partial charge in [0, 0.05) is 5.92 Å². The van der Waals surface area contributed by atoms with E-state index in [9.17, 15) is 0 Å². The highest BCUT2D eigenvalue weighted by Gasteiger charge is 2.36. The average molecular weight is 360 g/mol. The largest absolute Gasteiger partial charge is 0.378 e. The summed E-state index contributed by atoms with van der Waals surface area (Å²) >= 11 is 0. The molecule has 0 aliphatic heterocycles. The van der Waals surface area contributed by atoms with Crippen LogP contribution in [0.2, 0.25) is 0 Å². The Hall–Kier alpha value is -1.58. The van der Waals surface area contributed by atoms with Crippen LogP contribution in [0.25, 0.3) is 11.0 Å². The van der Waals surface area contributed by atoms with Gasteiger partial charge in [0.15, 0.2) is 0 Å². The van der Waals surface area contributed by atoms with E-state index in [1.807, 2.05) is 24.3 Å². The van der Waals surface area contributed by atoms with Crippen molar-refractivity contribution in [3.05, 3.63) is 24.3 Å². The molecule has 0 N–H and O–H groups in total. The Morgan fingerprint density at radius 1 is 0.962 bits per heavy atom. The van der Waals surface area contributed by atoms with Crippen LogP contribution in [-0.4, -0.2) is 21.3 Å². The summed E-state index contributed by atoms with van der Waals surface area (Å²) in [4.78, 5) is 7.59. The zero-order chi connectivity index (χ0) is 19.5. The average Bonchev–Trinajstić information content (AvgIpc) is 2.90. The standard InChI is InChI=1S/C22H37N3O/c1-9-12-17(21(3,4)5)15-18(22(6,7)8)16(2)26-25-23-19-13-10-11-14-20(19)24-25/h10-11,13-14,16-18H,9,12,15H2,1-8H3. The molecule has 1 heterocycles. The van der Waals surface area contributed by atoms with Gasteiger partial charge in [0.1, 0.15) is 17.1 Å². The van der Waals surface area contributed by atoms with Crippen molar-refractivity contribution < 1.29 is 4.84 Å². The van der Waals surface area contributed by atoms with Crippen molar-refractivity contribution in [2.75, 3.05) is 0 Å². The number of aromatic nitrogens is 3. The number of nitrogens with zero attached hydrogens (tertiary/aromatic N) is 3. The van der Waals surface area contributed by atoms with E-state index in [4.69, 9.17) is 4.84 Å². The van der Waals surface area contributed by atoms with E-state index in [2.05, 4.69) is 65.6 Å². The molecule has 3 unspecified atom stereocenters. The van der Waals surface area contributed by atoms with Crippen molar-refractivity contribution >= 4 is 11.0 Å². The van der Waals surface area contributed by atoms with Crippen molar-refractivity contribution in [1.29, 1.82) is 0 Å². The Morgan fingerprint density at radius 3 is 1.92 bits per heavy atom. The molecular weight excluding hydrogens is 322 g/mol. The van der Waals surface area contributed by atoms with Crippen molar-refractivity contribution in [3.8, 4) is 0 Å². The van der Waals surface area contributed by atoms with Gasteiger partial charge >= 0.3 is 0 Å². The van der Waals surface area contributed by atoms with Crippen LogP contribution in [-0.2, 0) is 0 Å². The lowest BCUT2D eigenvalue weighted by Gasteiger charge is -2.40. The van der Waals surface area contributed by atoms with Crippen LogP contribution in [0.3, 0.4) is 0 Å². The van der Waals surface area contributed by atoms with E-state index in [1.165, 1.54) is 17.8 Å². The van der Waals surface area contributed by atoms with Crippen LogP contribution < -0.4 is 4.84 Å². The SMILES string of the molecule is CCCC(CC(C(C)On1nc2ccccc2n1)C(C)(C)C)C(C)(C)C. The van der Waals surface area contributed by atoms with Crippen LogP contribution in [0.1, 0.15) is 74.7 Å². The van der Waals surface area contributed by atoms with Crippen molar-refractivity contribution in [2.45, 2.75) is 80.8 Å². The van der Waals surface area contributed by atoms with Crippen LogP contribution in [0.15, 0.2) is 24.3 Å². The molecule has 146 valence electrons. The summed E-state index contributed by atoms with van der Waals surface area (Å²) in [5.41, 5.74) is 2.19. The fourth-order valence-electron chi connectivity index (χ4n) is 3.92. The summed E-state index contributed by atoms with van der Waals surface area (Å²) in [6.07, 6.45) is 3.67. The molecule has 0 aliphatic carbocycles. The maximum Gasteiger partial charge on any atom is 0.129 e. The summed E-state index contributed by atoms with van der Waals surface area (Å²) in [5.74, 6) is 1.10. The molecule has 1 aromatic heterocycles. The van der Waals surface area contributed by atoms with Crippen molar-refractivity contribution in [2.24, 2.45) is 22.7 Å². The fraction of sp³-hybridized carbons (Fsp3) is 0.727. The predicted molar refractivity (Wildman–Crippen MR) is 109 cm³/mol. The second kappa shape index (κ2) is 7.98. The van der Waals surface area contributed by atoms with Gasteiger partial charge in [-0.3, -0.25) is 0 Å². The number of benzene rings is 1. The first-order valence-electron chi connectivity index (χ1n) is 10.0. The summed E-state index contributed by atoms with van der Waals surface area (Å²) in [5, 5.41) is 8.93. The van der Waals surface area contributed by atoms with Gasteiger partial charge in [-0.25, -0.2) is 0 Å². The van der Waals surface area contributed by atoms with Crippen LogP contribution >= 0.6 is 0 Å². The van der Waals surface area contributed by atoms with Crippen LogP contribution in [0, 0.1) is 22.7 Å². The molecule has 2 aromatic rings. The first-order chi connectivity index (χ1) is 12.0. The molecule has 4 heteroatoms. The molecule has 3 atom stereocenters. The third-order valence-electron chi connectivity index (χ3n) is 5.61. The molecule has 0 saturated heterocycles. The van der Waals surface area contributed by atoms with Gasteiger partial charge in [0.05, 0.1) is 0 Å². The fourth-order valence-corrected chi connectivity index (χ4v) is 3.92. The van der Waals surface area contributed by atoms with Gasteiger partial charge in [0.2, 0.25) is 0 Å². The lowest BCUT2D eigenvalue weighted by molar-refractivity contribution is -0.0643. The number of hydrogen-bond acceptors (Lipinski definition) is 3. The second-order valence-electron chi connectivity index (χ2n) is 9.81. The summed E-state index contributed by atoms with van der Waals surface area (Å²) in [6.45, 7) is 18.5. The van der Waals surface area contributed by atoms with Gasteiger partial charge in [-0.15, -0.1) is 10.2 Å². The summed E-state index contributed by atoms with van der Waals surface area (Å²) in [7, 11) is 0. The van der Waals surface area contributed by atoms with Crippen LogP contribution in [0.4, 0.5) is 0 Å². The molecule has 0 radical (unpaired) electrons. The van der Waals surface area contributed by atoms with Gasteiger partial charge in [0.25, 0.3) is 0 Å². The topological polar surface area (TPSA) is 39.9 Å². The zero-order valence-electron chi connectivity index (χ0n) is 17.9. The molecule has 0 aliphatic rings. The molecule has 0 fully saturated rings. The number of rotatable bonds is 7. The molecular formula is C22H37N3O. The third kappa shape index (κ3) is 5.21. The highest BCUT2D eigenvalue weighted by Crippen LogP contribution is 2.41. The Bertz CT molecular complexity index is 660. The van der Waals surface area contributed by atoms with E-state index in [0.717, 1.165) is 17.5 Å². The minimum atomic E-state index is 0.0403. The zero-order valence-corrected chi connectivity index (χ0v) is 17.9. The van der Waals surface area contributed by atoms with E-state index in [0.29, 0.717) is 17.3 Å². The molecule has 2 rings (SSSR count). The Morgan fingerprint density at radius 2 is 1.50 bits per heavy atom. The highest BCUT2D eigenvalue weighted by molar-refractivity contribution is 5.72. The summed E-state index contributed by atoms with van der Waals surface area (Å²) < 4.78 is 0. The summed E-state index contributed by atoms with van der Waals surface area (Å²) in [6, 6.07) is 7.87. The van der Waals surface area contributed by atoms with Crippen molar-refractivity contribution in [3.63, 3.8) is 0 Å². The van der Waals surface area contributed by atoms with E-state index in [-0.39, 0.29) is 11.5 Å². The minimum absolute atomic E-state index is 0.0403. The highest BCUT2D eigenvalue weighted by atomic mass is 16.7. The molecule has 0 bridgehead atoms. The van der Waals surface area contributed by atoms with Gasteiger partial charge in [-0.05, 0) is 47.2 Å². The predicted octanol–water partition coefficient (Wildman–Crippen LogP) is 5.76. The Kier molecular flexibility index (Phi) is 6.36. The van der Waals surface area contributed by atoms with E-state index < -0.39 is 0 Å². The quantitative estimate of drug-likeness (QED) is 0.630. The first-order valence-corrected chi connectivity index (χ1v) is 10.0. The molecule has 26 heavy (non-hydrogen) atoms. The third-order valence-corrected chi connectivity index (χ3v) is 5.61. The van der Waals surface area contributed by atoms with Crippen molar-refractivity contribution in [1.82, 2.24) is 15.2 Å². The number of fused-ring (bicyclic) bond motifs is 1. The number of hydrogen-bond donors (Lipinski definition) is 0. The maximum absolute atomic E-state index is 6.17. The molecule has 4 nitrogen and oxygen atoms in total. The molecule has 0 saturated carbocycles. The maximum atomic E-state index is 6.17. The van der Waals surface area contributed by atoms with Crippen LogP contribution in [0.5, 0.6) is 0 Å². The Balaban J connectivity index is 2.19. The lowest BCUT2D eigenvalue weighted by atomic mass is 9.67. The monoisotopic (exact) mass is 359 g/mol. The molecule has 0 spiro atoms. The molecule has 1 aromatic carbocycles.